The average Bonchev–Trinajstić information content (AvgIpc) is 3.15. The van der Waals surface area contributed by atoms with E-state index >= 15 is 0 Å². The Morgan fingerprint density at radius 3 is 2.51 bits per heavy atom. The molecule has 1 heterocycles. The molecule has 1 aliphatic heterocycles. The zero-order chi connectivity index (χ0) is 25.6. The van der Waals surface area contributed by atoms with Gasteiger partial charge in [0, 0.05) is 18.7 Å². The number of carboxylic acids is 1. The van der Waals surface area contributed by atoms with Gasteiger partial charge in [-0.15, -0.1) is 0 Å². The number of aliphatic carboxylic acids is 1. The Kier molecular flexibility index (Phi) is 8.53. The normalized spacial score (nSPS) is 24.9. The number of carbonyl (C=O) groups is 4. The van der Waals surface area contributed by atoms with Gasteiger partial charge in [0.2, 0.25) is 5.91 Å². The zero-order valence-corrected chi connectivity index (χ0v) is 20.4. The largest absolute Gasteiger partial charge is 0.478 e. The third kappa shape index (κ3) is 7.56. The van der Waals surface area contributed by atoms with Gasteiger partial charge >= 0.3 is 18.0 Å². The topological polar surface area (TPSA) is 122 Å². The highest BCUT2D eigenvalue weighted by molar-refractivity contribution is 5.88. The third-order valence-electron chi connectivity index (χ3n) is 6.23. The summed E-state index contributed by atoms with van der Waals surface area (Å²) in [5, 5.41) is 11.8. The summed E-state index contributed by atoms with van der Waals surface area (Å²) < 4.78 is 10.8. The number of nitrogens with one attached hydrogen (secondary N) is 1. The minimum atomic E-state index is -1.09. The van der Waals surface area contributed by atoms with E-state index in [1.165, 1.54) is 0 Å². The second-order valence-corrected chi connectivity index (χ2v) is 10.1. The minimum absolute atomic E-state index is 0.105. The van der Waals surface area contributed by atoms with Gasteiger partial charge in [-0.2, -0.15) is 0 Å². The van der Waals surface area contributed by atoms with Crippen molar-refractivity contribution in [2.45, 2.75) is 70.7 Å². The number of carbonyl (C=O) groups excluding carboxylic acids is 3. The van der Waals surface area contributed by atoms with Gasteiger partial charge in [0.15, 0.2) is 0 Å². The first-order chi connectivity index (χ1) is 16.5. The molecule has 2 N–H and O–H groups in total. The Labute approximate surface area is 205 Å². The molecule has 3 rings (SSSR count). The van der Waals surface area contributed by atoms with E-state index in [0.29, 0.717) is 32.2 Å². The van der Waals surface area contributed by atoms with Crippen molar-refractivity contribution in [3.8, 4) is 0 Å². The average molecular weight is 487 g/mol. The molecule has 4 atom stereocenters. The Hall–Kier alpha value is -3.36. The van der Waals surface area contributed by atoms with E-state index in [2.05, 4.69) is 5.32 Å². The van der Waals surface area contributed by atoms with Crippen molar-refractivity contribution in [1.82, 2.24) is 10.2 Å². The number of carboxylic acid groups (broad SMARTS) is 1. The van der Waals surface area contributed by atoms with Crippen molar-refractivity contribution in [1.29, 1.82) is 0 Å². The Bertz CT molecular complexity index is 954. The molecular weight excluding hydrogens is 452 g/mol. The maximum Gasteiger partial charge on any atom is 0.408 e. The van der Waals surface area contributed by atoms with Gasteiger partial charge in [0.25, 0.3) is 0 Å². The summed E-state index contributed by atoms with van der Waals surface area (Å²) in [6.07, 6.45) is 3.86. The van der Waals surface area contributed by atoms with Gasteiger partial charge in [-0.05, 0) is 57.9 Å². The summed E-state index contributed by atoms with van der Waals surface area (Å²) in [6, 6.07) is 8.29. The van der Waals surface area contributed by atoms with E-state index in [-0.39, 0.29) is 36.4 Å². The van der Waals surface area contributed by atoms with Gasteiger partial charge < -0.3 is 24.8 Å². The molecule has 9 heteroatoms. The van der Waals surface area contributed by atoms with Gasteiger partial charge in [-0.1, -0.05) is 36.4 Å². The Balaban J connectivity index is 1.61. The van der Waals surface area contributed by atoms with Crippen molar-refractivity contribution in [3.05, 3.63) is 48.0 Å². The number of amides is 2. The molecule has 1 unspecified atom stereocenters. The lowest BCUT2D eigenvalue weighted by Gasteiger charge is -2.39. The number of benzene rings is 1. The minimum Gasteiger partial charge on any atom is -0.478 e. The summed E-state index contributed by atoms with van der Waals surface area (Å²) in [5.74, 6) is -2.30. The number of hydrogen-bond acceptors (Lipinski definition) is 6. The quantitative estimate of drug-likeness (QED) is 0.448. The second-order valence-electron chi connectivity index (χ2n) is 10.1. The first-order valence-electron chi connectivity index (χ1n) is 11.9. The molecule has 0 spiro atoms. The first-order valence-corrected chi connectivity index (χ1v) is 11.9. The van der Waals surface area contributed by atoms with Crippen molar-refractivity contribution >= 4 is 23.9 Å². The number of hydrogen-bond donors (Lipinski definition) is 2. The van der Waals surface area contributed by atoms with Crippen LogP contribution < -0.4 is 5.32 Å². The Morgan fingerprint density at radius 2 is 1.86 bits per heavy atom. The molecule has 1 aromatic carbocycles. The van der Waals surface area contributed by atoms with Crippen LogP contribution in [0.2, 0.25) is 0 Å². The summed E-state index contributed by atoms with van der Waals surface area (Å²) in [6.45, 7) is 5.95. The number of alkyl carbamates (subject to hydrolysis) is 1. The molecule has 0 bridgehead atoms. The SMILES string of the molecule is CC(C)(C)OC(=O)[C@@H]1CC[C@H](N2CC[C@H](NC(=O)OCc3ccccc3)C2=O)C(C=CC(=O)O)C1. The number of likely N-dealkylation sites (tertiary alicyclic amines) is 1. The molecule has 2 fully saturated rings. The van der Waals surface area contributed by atoms with Crippen molar-refractivity contribution in [3.63, 3.8) is 0 Å². The standard InChI is InChI=1S/C26H34N2O7/c1-26(2,3)35-24(32)19-9-11-21(18(15-19)10-12-22(29)30)28-14-13-20(23(28)31)27-25(33)34-16-17-7-5-4-6-8-17/h4-8,10,12,18-21H,9,11,13-16H2,1-3H3,(H,27,33)(H,29,30)/t18?,19-,20+,21+/m1/s1. The predicted octanol–water partition coefficient (Wildman–Crippen LogP) is 3.28. The van der Waals surface area contributed by atoms with Crippen LogP contribution in [-0.4, -0.2) is 58.2 Å². The van der Waals surface area contributed by atoms with E-state index in [1.54, 1.807) is 31.7 Å². The highest BCUT2D eigenvalue weighted by atomic mass is 16.6. The molecule has 2 aliphatic rings. The third-order valence-corrected chi connectivity index (χ3v) is 6.23. The summed E-state index contributed by atoms with van der Waals surface area (Å²) >= 11 is 0. The molecule has 9 nitrogen and oxygen atoms in total. The molecular formula is C26H34N2O7. The van der Waals surface area contributed by atoms with Gasteiger partial charge in [-0.3, -0.25) is 9.59 Å². The lowest BCUT2D eigenvalue weighted by molar-refractivity contribution is -0.162. The maximum atomic E-state index is 13.1. The zero-order valence-electron chi connectivity index (χ0n) is 20.4. The van der Waals surface area contributed by atoms with E-state index in [0.717, 1.165) is 11.6 Å². The van der Waals surface area contributed by atoms with E-state index < -0.39 is 23.7 Å². The van der Waals surface area contributed by atoms with Crippen LogP contribution in [-0.2, 0) is 30.5 Å². The fourth-order valence-corrected chi connectivity index (χ4v) is 4.66. The lowest BCUT2D eigenvalue weighted by Crippen LogP contribution is -2.49. The van der Waals surface area contributed by atoms with Crippen molar-refractivity contribution < 1.29 is 33.8 Å². The molecule has 190 valence electrons. The van der Waals surface area contributed by atoms with Crippen LogP contribution in [0.15, 0.2) is 42.5 Å². The van der Waals surface area contributed by atoms with Crippen molar-refractivity contribution in [2.75, 3.05) is 6.54 Å². The second kappa shape index (κ2) is 11.4. The first kappa shape index (κ1) is 26.2. The van der Waals surface area contributed by atoms with Crippen molar-refractivity contribution in [2.24, 2.45) is 11.8 Å². The van der Waals surface area contributed by atoms with Gasteiger partial charge in [0.05, 0.1) is 5.92 Å². The molecule has 35 heavy (non-hydrogen) atoms. The van der Waals surface area contributed by atoms with Crippen LogP contribution in [0.1, 0.15) is 52.0 Å². The van der Waals surface area contributed by atoms with Crippen LogP contribution in [0.4, 0.5) is 4.79 Å². The molecule has 0 aromatic heterocycles. The van der Waals surface area contributed by atoms with Gasteiger partial charge in [-0.25, -0.2) is 9.59 Å². The number of ether oxygens (including phenoxy) is 2. The molecule has 1 aromatic rings. The van der Waals surface area contributed by atoms with Crippen LogP contribution in [0.3, 0.4) is 0 Å². The highest BCUT2D eigenvalue weighted by Crippen LogP contribution is 2.36. The van der Waals surface area contributed by atoms with Crippen LogP contribution in [0.25, 0.3) is 0 Å². The smallest absolute Gasteiger partial charge is 0.408 e. The maximum absolute atomic E-state index is 13.1. The lowest BCUT2D eigenvalue weighted by atomic mass is 9.77. The van der Waals surface area contributed by atoms with E-state index in [1.807, 2.05) is 30.3 Å². The summed E-state index contributed by atoms with van der Waals surface area (Å²) in [7, 11) is 0. The fourth-order valence-electron chi connectivity index (χ4n) is 4.66. The summed E-state index contributed by atoms with van der Waals surface area (Å²) in [5.41, 5.74) is 0.232. The van der Waals surface area contributed by atoms with E-state index in [4.69, 9.17) is 14.6 Å². The fraction of sp³-hybridized carbons (Fsp3) is 0.538. The monoisotopic (exact) mass is 486 g/mol. The number of esters is 1. The molecule has 1 saturated carbocycles. The van der Waals surface area contributed by atoms with Crippen LogP contribution >= 0.6 is 0 Å². The highest BCUT2D eigenvalue weighted by Gasteiger charge is 2.43. The molecule has 1 saturated heterocycles. The number of nitrogens with zero attached hydrogens (tertiary/aromatic N) is 1. The predicted molar refractivity (Wildman–Crippen MR) is 127 cm³/mol. The molecule has 0 radical (unpaired) electrons. The summed E-state index contributed by atoms with van der Waals surface area (Å²) in [4.78, 5) is 50.8. The molecule has 1 aliphatic carbocycles. The van der Waals surface area contributed by atoms with E-state index in [9.17, 15) is 19.2 Å². The number of rotatable bonds is 7. The Morgan fingerprint density at radius 1 is 1.14 bits per heavy atom. The van der Waals surface area contributed by atoms with Crippen LogP contribution in [0.5, 0.6) is 0 Å². The van der Waals surface area contributed by atoms with Gasteiger partial charge in [0.1, 0.15) is 18.2 Å². The molecule has 2 amide bonds. The van der Waals surface area contributed by atoms with Crippen LogP contribution in [0, 0.1) is 11.8 Å².